The van der Waals surface area contributed by atoms with Crippen LogP contribution in [0.1, 0.15) is 29.5 Å². The number of benzene rings is 2. The summed E-state index contributed by atoms with van der Waals surface area (Å²) in [6, 6.07) is 21.0. The first kappa shape index (κ1) is 11.4. The van der Waals surface area contributed by atoms with Crippen molar-refractivity contribution in [3.05, 3.63) is 71.3 Å². The molecule has 0 fully saturated rings. The zero-order valence-electron chi connectivity index (χ0n) is 9.93. The molecule has 1 heteroatoms. The largest absolute Gasteiger partial charge is 0.198 e. The van der Waals surface area contributed by atoms with Crippen LogP contribution in [0.25, 0.3) is 0 Å². The maximum Gasteiger partial charge on any atom is 0.0700 e. The number of hydrogen-bond donors (Lipinski definition) is 0. The molecule has 0 bridgehead atoms. The van der Waals surface area contributed by atoms with Gasteiger partial charge in [0.2, 0.25) is 0 Å². The van der Waals surface area contributed by atoms with Crippen molar-refractivity contribution >= 4 is 0 Å². The van der Waals surface area contributed by atoms with Crippen molar-refractivity contribution in [1.29, 1.82) is 5.26 Å². The lowest BCUT2D eigenvalue weighted by molar-refractivity contribution is 0.978. The lowest BCUT2D eigenvalue weighted by Crippen LogP contribution is -1.91. The molecule has 17 heavy (non-hydrogen) atoms. The van der Waals surface area contributed by atoms with E-state index < -0.39 is 0 Å². The van der Waals surface area contributed by atoms with E-state index in [0.717, 1.165) is 12.0 Å². The molecule has 1 atom stereocenters. The first-order chi connectivity index (χ1) is 8.29. The summed E-state index contributed by atoms with van der Waals surface area (Å²) in [5.74, 6) is -0.0271. The second-order valence-electron chi connectivity index (χ2n) is 4.25. The monoisotopic (exact) mass is 221 g/mol. The lowest BCUT2D eigenvalue weighted by Gasteiger charge is -2.05. The van der Waals surface area contributed by atoms with Gasteiger partial charge in [-0.3, -0.25) is 0 Å². The normalized spacial score (nSPS) is 11.8. The standard InChI is InChI=1S/C16H15N/c1-13(12-17)16-9-7-15(8-10-16)11-14-5-3-2-4-6-14/h2-10,13H,11H2,1H3. The predicted molar refractivity (Wildman–Crippen MR) is 69.7 cm³/mol. The summed E-state index contributed by atoms with van der Waals surface area (Å²) < 4.78 is 0. The summed E-state index contributed by atoms with van der Waals surface area (Å²) in [5, 5.41) is 8.84. The van der Waals surface area contributed by atoms with Crippen LogP contribution in [0.2, 0.25) is 0 Å². The average Bonchev–Trinajstić information content (AvgIpc) is 2.40. The molecule has 0 heterocycles. The fourth-order valence-electron chi connectivity index (χ4n) is 1.83. The van der Waals surface area contributed by atoms with Gasteiger partial charge in [0.1, 0.15) is 0 Å². The molecule has 0 aliphatic heterocycles. The van der Waals surface area contributed by atoms with Crippen LogP contribution in [-0.4, -0.2) is 0 Å². The van der Waals surface area contributed by atoms with Crippen LogP contribution in [0.3, 0.4) is 0 Å². The average molecular weight is 221 g/mol. The molecule has 2 aromatic carbocycles. The van der Waals surface area contributed by atoms with Gasteiger partial charge in [-0.25, -0.2) is 0 Å². The van der Waals surface area contributed by atoms with Crippen molar-refractivity contribution in [1.82, 2.24) is 0 Å². The molecule has 0 radical (unpaired) electrons. The van der Waals surface area contributed by atoms with Gasteiger partial charge >= 0.3 is 0 Å². The highest BCUT2D eigenvalue weighted by Crippen LogP contribution is 2.16. The summed E-state index contributed by atoms with van der Waals surface area (Å²) >= 11 is 0. The molecule has 1 nitrogen and oxygen atoms in total. The van der Waals surface area contributed by atoms with Gasteiger partial charge < -0.3 is 0 Å². The Morgan fingerprint density at radius 2 is 1.53 bits per heavy atom. The molecule has 0 saturated heterocycles. The minimum absolute atomic E-state index is 0.0271. The Balaban J connectivity index is 2.12. The van der Waals surface area contributed by atoms with Crippen LogP contribution in [0, 0.1) is 11.3 Å². The second kappa shape index (κ2) is 5.32. The summed E-state index contributed by atoms with van der Waals surface area (Å²) in [6.45, 7) is 1.92. The first-order valence-electron chi connectivity index (χ1n) is 5.82. The van der Waals surface area contributed by atoms with E-state index in [1.807, 2.05) is 25.1 Å². The van der Waals surface area contributed by atoms with E-state index in [9.17, 15) is 0 Å². The molecule has 84 valence electrons. The number of nitriles is 1. The van der Waals surface area contributed by atoms with Crippen molar-refractivity contribution in [3.63, 3.8) is 0 Å². The molecule has 0 aliphatic carbocycles. The molecule has 0 amide bonds. The highest BCUT2D eigenvalue weighted by molar-refractivity contribution is 5.31. The summed E-state index contributed by atoms with van der Waals surface area (Å²) in [6.07, 6.45) is 0.946. The van der Waals surface area contributed by atoms with Crippen molar-refractivity contribution in [3.8, 4) is 6.07 Å². The molecule has 0 N–H and O–H groups in total. The minimum Gasteiger partial charge on any atom is -0.198 e. The van der Waals surface area contributed by atoms with E-state index in [-0.39, 0.29) is 5.92 Å². The Kier molecular flexibility index (Phi) is 3.57. The van der Waals surface area contributed by atoms with E-state index in [4.69, 9.17) is 5.26 Å². The lowest BCUT2D eigenvalue weighted by atomic mass is 9.99. The SMILES string of the molecule is CC(C#N)c1ccc(Cc2ccccc2)cc1. The third-order valence-corrected chi connectivity index (χ3v) is 2.92. The summed E-state index contributed by atoms with van der Waals surface area (Å²) in [7, 11) is 0. The van der Waals surface area contributed by atoms with Crippen LogP contribution in [0.15, 0.2) is 54.6 Å². The van der Waals surface area contributed by atoms with E-state index in [2.05, 4.69) is 42.5 Å². The van der Waals surface area contributed by atoms with Crippen molar-refractivity contribution in [2.24, 2.45) is 0 Å². The number of nitrogens with zero attached hydrogens (tertiary/aromatic N) is 1. The van der Waals surface area contributed by atoms with Gasteiger partial charge in [-0.2, -0.15) is 5.26 Å². The molecule has 0 aromatic heterocycles. The van der Waals surface area contributed by atoms with Crippen LogP contribution in [0.5, 0.6) is 0 Å². The van der Waals surface area contributed by atoms with Crippen LogP contribution >= 0.6 is 0 Å². The van der Waals surface area contributed by atoms with E-state index >= 15 is 0 Å². The van der Waals surface area contributed by atoms with Gasteiger partial charge in [-0.1, -0.05) is 54.6 Å². The molecule has 0 aliphatic rings. The van der Waals surface area contributed by atoms with Gasteiger partial charge in [0.25, 0.3) is 0 Å². The molecule has 0 spiro atoms. The Hall–Kier alpha value is -2.07. The van der Waals surface area contributed by atoms with Crippen molar-refractivity contribution in [2.45, 2.75) is 19.3 Å². The molecule has 2 rings (SSSR count). The predicted octanol–water partition coefficient (Wildman–Crippen LogP) is 3.90. The number of hydrogen-bond acceptors (Lipinski definition) is 1. The van der Waals surface area contributed by atoms with Gasteiger partial charge in [-0.05, 0) is 30.0 Å². The third-order valence-electron chi connectivity index (χ3n) is 2.92. The molecular weight excluding hydrogens is 206 g/mol. The van der Waals surface area contributed by atoms with Crippen LogP contribution in [0.4, 0.5) is 0 Å². The Labute approximate surface area is 102 Å². The minimum atomic E-state index is -0.0271. The second-order valence-corrected chi connectivity index (χ2v) is 4.25. The smallest absolute Gasteiger partial charge is 0.0700 e. The molecule has 1 unspecified atom stereocenters. The highest BCUT2D eigenvalue weighted by atomic mass is 14.3. The zero-order chi connectivity index (χ0) is 12.1. The summed E-state index contributed by atoms with van der Waals surface area (Å²) in [5.41, 5.74) is 3.68. The summed E-state index contributed by atoms with van der Waals surface area (Å²) in [4.78, 5) is 0. The topological polar surface area (TPSA) is 23.8 Å². The van der Waals surface area contributed by atoms with Crippen LogP contribution < -0.4 is 0 Å². The van der Waals surface area contributed by atoms with Crippen molar-refractivity contribution in [2.75, 3.05) is 0 Å². The Morgan fingerprint density at radius 1 is 0.941 bits per heavy atom. The first-order valence-corrected chi connectivity index (χ1v) is 5.82. The highest BCUT2D eigenvalue weighted by Gasteiger charge is 2.03. The van der Waals surface area contributed by atoms with Gasteiger partial charge in [0.15, 0.2) is 0 Å². The zero-order valence-corrected chi connectivity index (χ0v) is 9.93. The van der Waals surface area contributed by atoms with Crippen LogP contribution in [-0.2, 0) is 6.42 Å². The molecular formula is C16H15N. The Morgan fingerprint density at radius 3 is 2.12 bits per heavy atom. The number of rotatable bonds is 3. The van der Waals surface area contributed by atoms with Crippen molar-refractivity contribution < 1.29 is 0 Å². The maximum absolute atomic E-state index is 8.84. The quantitative estimate of drug-likeness (QED) is 0.771. The van der Waals surface area contributed by atoms with Gasteiger partial charge in [0, 0.05) is 0 Å². The van der Waals surface area contributed by atoms with E-state index in [1.54, 1.807) is 0 Å². The van der Waals surface area contributed by atoms with E-state index in [0.29, 0.717) is 0 Å². The van der Waals surface area contributed by atoms with Gasteiger partial charge in [0.05, 0.1) is 12.0 Å². The Bertz CT molecular complexity index is 505. The fourth-order valence-corrected chi connectivity index (χ4v) is 1.83. The molecule has 0 saturated carbocycles. The molecule has 2 aromatic rings. The van der Waals surface area contributed by atoms with E-state index in [1.165, 1.54) is 11.1 Å². The third kappa shape index (κ3) is 2.95. The fraction of sp³-hybridized carbons (Fsp3) is 0.188. The van der Waals surface area contributed by atoms with Gasteiger partial charge in [-0.15, -0.1) is 0 Å². The maximum atomic E-state index is 8.84.